The average molecular weight is 432 g/mol. The molecule has 18 heteroatoms. The molecule has 0 spiro atoms. The molecule has 0 heterocycles. The molecule has 0 N–H and O–H groups in total. The van der Waals surface area contributed by atoms with Crippen molar-refractivity contribution in [1.29, 1.82) is 0 Å². The van der Waals surface area contributed by atoms with Gasteiger partial charge in [-0.2, -0.15) is 70.2 Å². The maximum atomic E-state index is 11.6. The van der Waals surface area contributed by atoms with Crippen molar-refractivity contribution in [3.63, 3.8) is 0 Å². The number of hydrogen-bond acceptors (Lipinski definition) is 2. The van der Waals surface area contributed by atoms with E-state index >= 15 is 0 Å². The predicted molar refractivity (Wildman–Crippen MR) is 44.1 cm³/mol. The molecule has 0 bridgehead atoms. The molecule has 0 aliphatic carbocycles. The van der Waals surface area contributed by atoms with Gasteiger partial charge in [-0.3, -0.25) is 9.59 Å². The molecule has 0 amide bonds. The highest BCUT2D eigenvalue weighted by atomic mass is 19.4. The van der Waals surface area contributed by atoms with Crippen LogP contribution in [0.1, 0.15) is 0 Å². The summed E-state index contributed by atoms with van der Waals surface area (Å²) in [5.41, 5.74) is 0. The zero-order valence-electron chi connectivity index (χ0n) is 10.9. The molecule has 0 aliphatic heterocycles. The zero-order valence-corrected chi connectivity index (χ0v) is 10.9. The summed E-state index contributed by atoms with van der Waals surface area (Å²) in [6.07, 6.45) is -25.5. The number of carbonyl (C=O) groups is 2. The van der Waals surface area contributed by atoms with Crippen LogP contribution in [0.3, 0.4) is 0 Å². The molecule has 0 saturated heterocycles. The largest absolute Gasteiger partial charge is 0.461 e. The highest BCUT2D eigenvalue weighted by Gasteiger charge is 2.70. The Balaban J connectivity index is 0. The highest BCUT2D eigenvalue weighted by molar-refractivity contribution is 5.91. The number of alkyl halides is 16. The lowest BCUT2D eigenvalue weighted by Crippen LogP contribution is -2.50. The number of rotatable bonds is 2. The fraction of sp³-hybridized carbons (Fsp3) is 0.750. The van der Waals surface area contributed by atoms with Crippen molar-refractivity contribution in [2.45, 2.75) is 36.6 Å². The number of ketones is 2. The van der Waals surface area contributed by atoms with Gasteiger partial charge < -0.3 is 0 Å². The number of hydrogen-bond donors (Lipinski definition) is 0. The van der Waals surface area contributed by atoms with Gasteiger partial charge in [-0.05, 0) is 0 Å². The van der Waals surface area contributed by atoms with Crippen LogP contribution < -0.4 is 0 Å². The Hall–Kier alpha value is -1.78. The van der Waals surface area contributed by atoms with Crippen LogP contribution in [-0.2, 0) is 9.59 Å². The first-order valence-electron chi connectivity index (χ1n) is 4.93. The van der Waals surface area contributed by atoms with Crippen LogP contribution in [0.5, 0.6) is 0 Å². The molecule has 0 rings (SSSR count). The Morgan fingerprint density at radius 3 is 0.577 bits per heavy atom. The molecule has 0 aromatic carbocycles. The first kappa shape index (κ1) is 26.4. The molecule has 0 aromatic heterocycles. The SMILES string of the molecule is O=C(C(F)(F)F)C(F)(F)C(F)(F)F.O=C(C(F)(F)F)C(F)(F)C(F)(F)F. The third kappa shape index (κ3) is 6.19. The summed E-state index contributed by atoms with van der Waals surface area (Å²) in [4.78, 5) is 19.1. The fourth-order valence-electron chi connectivity index (χ4n) is 0.613. The van der Waals surface area contributed by atoms with Crippen LogP contribution in [0.15, 0.2) is 0 Å². The summed E-state index contributed by atoms with van der Waals surface area (Å²) in [6, 6.07) is 0. The van der Waals surface area contributed by atoms with Crippen molar-refractivity contribution in [2.24, 2.45) is 0 Å². The van der Waals surface area contributed by atoms with Gasteiger partial charge in [0.1, 0.15) is 0 Å². The van der Waals surface area contributed by atoms with E-state index in [1.54, 1.807) is 0 Å². The lowest BCUT2D eigenvalue weighted by molar-refractivity contribution is -0.284. The molecule has 0 unspecified atom stereocenters. The fourth-order valence-corrected chi connectivity index (χ4v) is 0.613. The molecule has 0 aliphatic rings. The van der Waals surface area contributed by atoms with E-state index in [0.717, 1.165) is 0 Å². The Kier molecular flexibility index (Phi) is 7.21. The molecular formula is C8F16O2. The number of Topliss-reactive ketones (excluding diaryl/α,β-unsaturated/α-hetero) is 2. The van der Waals surface area contributed by atoms with E-state index in [-0.39, 0.29) is 0 Å². The summed E-state index contributed by atoms with van der Waals surface area (Å²) in [5, 5.41) is 0. The van der Waals surface area contributed by atoms with Crippen molar-refractivity contribution in [1.82, 2.24) is 0 Å². The van der Waals surface area contributed by atoms with E-state index < -0.39 is 48.1 Å². The minimum absolute atomic E-state index is 4.12. The molecule has 0 fully saturated rings. The molecule has 0 saturated carbocycles. The van der Waals surface area contributed by atoms with Gasteiger partial charge in [0.15, 0.2) is 0 Å². The Labute approximate surface area is 129 Å². The zero-order chi connectivity index (χ0) is 22.2. The highest BCUT2D eigenvalue weighted by Crippen LogP contribution is 2.41. The first-order chi connectivity index (χ1) is 10.8. The summed E-state index contributed by atoms with van der Waals surface area (Å²) >= 11 is 0. The number of carbonyl (C=O) groups excluding carboxylic acids is 2. The normalized spacial score (nSPS) is 14.5. The molecule has 0 radical (unpaired) electrons. The second-order valence-electron chi connectivity index (χ2n) is 3.80. The quantitative estimate of drug-likeness (QED) is 0.597. The van der Waals surface area contributed by atoms with Gasteiger partial charge in [0.2, 0.25) is 0 Å². The maximum Gasteiger partial charge on any atom is 0.461 e. The van der Waals surface area contributed by atoms with Gasteiger partial charge in [0, 0.05) is 0 Å². The lowest BCUT2D eigenvalue weighted by atomic mass is 10.2. The van der Waals surface area contributed by atoms with E-state index in [2.05, 4.69) is 0 Å². The van der Waals surface area contributed by atoms with E-state index in [4.69, 9.17) is 0 Å². The molecule has 26 heavy (non-hydrogen) atoms. The minimum atomic E-state index is -6.53. The lowest BCUT2D eigenvalue weighted by Gasteiger charge is -2.18. The maximum absolute atomic E-state index is 11.6. The van der Waals surface area contributed by atoms with E-state index in [1.807, 2.05) is 0 Å². The van der Waals surface area contributed by atoms with Crippen LogP contribution >= 0.6 is 0 Å². The predicted octanol–water partition coefficient (Wildman–Crippen LogP) is 4.63. The summed E-state index contributed by atoms with van der Waals surface area (Å²) in [5.74, 6) is -21.0. The third-order valence-corrected chi connectivity index (χ3v) is 1.80. The summed E-state index contributed by atoms with van der Waals surface area (Å²) in [7, 11) is 0. The van der Waals surface area contributed by atoms with Crippen molar-refractivity contribution >= 4 is 11.6 Å². The second kappa shape index (κ2) is 7.09. The molecular weight excluding hydrogens is 432 g/mol. The summed E-state index contributed by atoms with van der Waals surface area (Å²) < 4.78 is 180. The monoisotopic (exact) mass is 432 g/mol. The minimum Gasteiger partial charge on any atom is -0.282 e. The second-order valence-corrected chi connectivity index (χ2v) is 3.80. The Bertz CT molecular complexity index is 466. The van der Waals surface area contributed by atoms with Gasteiger partial charge in [0.05, 0.1) is 0 Å². The Morgan fingerprint density at radius 2 is 0.538 bits per heavy atom. The molecule has 0 atom stereocenters. The van der Waals surface area contributed by atoms with Crippen molar-refractivity contribution in [3.8, 4) is 0 Å². The molecule has 0 aromatic rings. The van der Waals surface area contributed by atoms with Gasteiger partial charge in [0.25, 0.3) is 0 Å². The topological polar surface area (TPSA) is 34.1 Å². The first-order valence-corrected chi connectivity index (χ1v) is 4.93. The van der Waals surface area contributed by atoms with Gasteiger partial charge >= 0.3 is 48.1 Å². The van der Waals surface area contributed by atoms with E-state index in [9.17, 15) is 79.8 Å². The van der Waals surface area contributed by atoms with E-state index in [1.165, 1.54) is 0 Å². The Morgan fingerprint density at radius 1 is 0.385 bits per heavy atom. The third-order valence-electron chi connectivity index (χ3n) is 1.80. The van der Waals surface area contributed by atoms with Gasteiger partial charge in [-0.15, -0.1) is 0 Å². The standard InChI is InChI=1S/2C4F8O/c2*5-2(6,4(10,11)12)1(13)3(7,8)9. The van der Waals surface area contributed by atoms with Gasteiger partial charge in [-0.25, -0.2) is 0 Å². The summed E-state index contributed by atoms with van der Waals surface area (Å²) in [6.45, 7) is 0. The van der Waals surface area contributed by atoms with Gasteiger partial charge in [-0.1, -0.05) is 0 Å². The van der Waals surface area contributed by atoms with Crippen molar-refractivity contribution in [3.05, 3.63) is 0 Å². The smallest absolute Gasteiger partial charge is 0.282 e. The van der Waals surface area contributed by atoms with Crippen molar-refractivity contribution in [2.75, 3.05) is 0 Å². The average Bonchev–Trinajstić information content (AvgIpc) is 2.32. The van der Waals surface area contributed by atoms with Crippen LogP contribution in [0, 0.1) is 0 Å². The number of halogens is 16. The van der Waals surface area contributed by atoms with E-state index in [0.29, 0.717) is 0 Å². The molecule has 2 nitrogen and oxygen atoms in total. The molecule has 156 valence electrons. The van der Waals surface area contributed by atoms with Crippen LogP contribution in [-0.4, -0.2) is 48.1 Å². The van der Waals surface area contributed by atoms with Crippen LogP contribution in [0.4, 0.5) is 70.2 Å². The van der Waals surface area contributed by atoms with Crippen LogP contribution in [0.2, 0.25) is 0 Å². The van der Waals surface area contributed by atoms with Crippen LogP contribution in [0.25, 0.3) is 0 Å². The van der Waals surface area contributed by atoms with Crippen molar-refractivity contribution < 1.29 is 79.8 Å².